The van der Waals surface area contributed by atoms with Crippen molar-refractivity contribution in [3.05, 3.63) is 51.6 Å². The third-order valence-corrected chi connectivity index (χ3v) is 6.34. The van der Waals surface area contributed by atoms with Crippen LogP contribution in [0.25, 0.3) is 0 Å². The Bertz CT molecular complexity index is 1220. The normalized spacial score (nSPS) is 21.5. The molecule has 0 aliphatic heterocycles. The van der Waals surface area contributed by atoms with Crippen molar-refractivity contribution in [2.45, 2.75) is 25.7 Å². The van der Waals surface area contributed by atoms with E-state index in [2.05, 4.69) is 5.92 Å². The second-order valence-corrected chi connectivity index (χ2v) is 7.97. The molecule has 0 heterocycles. The minimum atomic E-state index is -1.39. The van der Waals surface area contributed by atoms with Gasteiger partial charge in [0.15, 0.2) is 11.6 Å². The molecule has 0 radical (unpaired) electrons. The average molecular weight is 420 g/mol. The fourth-order valence-electron chi connectivity index (χ4n) is 4.88. The van der Waals surface area contributed by atoms with Crippen molar-refractivity contribution in [2.75, 3.05) is 13.7 Å². The summed E-state index contributed by atoms with van der Waals surface area (Å²) in [6, 6.07) is 4.53. The zero-order valence-corrected chi connectivity index (χ0v) is 17.0. The number of hydrogen-bond donors (Lipinski definition) is 3. The van der Waals surface area contributed by atoms with E-state index >= 15 is 0 Å². The molecule has 7 nitrogen and oxygen atoms in total. The summed E-state index contributed by atoms with van der Waals surface area (Å²) in [5.41, 5.74) is -1.51. The van der Waals surface area contributed by atoms with E-state index in [4.69, 9.17) is 11.2 Å². The summed E-state index contributed by atoms with van der Waals surface area (Å²) in [4.78, 5) is 39.0. The maximum atomic E-state index is 13.3. The largest absolute Gasteiger partial charge is 0.507 e. The lowest BCUT2D eigenvalue weighted by Gasteiger charge is -2.38. The van der Waals surface area contributed by atoms with Gasteiger partial charge in [-0.15, -0.1) is 6.42 Å². The van der Waals surface area contributed by atoms with Crippen molar-refractivity contribution in [3.8, 4) is 29.6 Å². The van der Waals surface area contributed by atoms with Gasteiger partial charge in [-0.25, -0.2) is 0 Å². The fraction of sp³-hybridized carbons (Fsp3) is 0.292. The van der Waals surface area contributed by atoms with Crippen LogP contribution in [-0.4, -0.2) is 46.4 Å². The lowest BCUT2D eigenvalue weighted by Crippen LogP contribution is -2.39. The van der Waals surface area contributed by atoms with Crippen molar-refractivity contribution < 1.29 is 34.4 Å². The van der Waals surface area contributed by atoms with Crippen LogP contribution in [0.1, 0.15) is 62.2 Å². The Morgan fingerprint density at radius 3 is 2.48 bits per heavy atom. The average Bonchev–Trinajstić information content (AvgIpc) is 2.77. The number of methoxy groups -OCH3 is 1. The van der Waals surface area contributed by atoms with Gasteiger partial charge in [-0.1, -0.05) is 25.0 Å². The monoisotopic (exact) mass is 420 g/mol. The molecule has 2 aliphatic carbocycles. The summed E-state index contributed by atoms with van der Waals surface area (Å²) < 4.78 is 5.23. The SMILES string of the molecule is C#C[C@@]1(C(=O)CO)Cc2c(O)c3c(c(O)c2[C@@H](C)C1)C(=O)c1c(OC)cccc1C3=O. The highest BCUT2D eigenvalue weighted by Crippen LogP contribution is 2.53. The van der Waals surface area contributed by atoms with Crippen molar-refractivity contribution in [1.82, 2.24) is 0 Å². The van der Waals surface area contributed by atoms with Crippen LogP contribution in [0.2, 0.25) is 0 Å². The van der Waals surface area contributed by atoms with Crippen LogP contribution in [0.15, 0.2) is 18.2 Å². The standard InChI is InChI=1S/C24H20O7/c1-4-24(15(26)10-25)8-11(2)16-13(9-24)21(28)18-19(22(16)29)23(30)17-12(20(18)27)6-5-7-14(17)31-3/h1,5-7,11,25,28-29H,8-10H2,2-3H3/t11-,24-/m0/s1. The number of aromatic hydroxyl groups is 2. The first-order valence-electron chi connectivity index (χ1n) is 9.71. The number of hydrogen-bond acceptors (Lipinski definition) is 7. The molecule has 4 rings (SSSR count). The molecule has 0 bridgehead atoms. The van der Waals surface area contributed by atoms with Gasteiger partial charge < -0.3 is 20.1 Å². The highest BCUT2D eigenvalue weighted by Gasteiger charge is 2.47. The number of aliphatic hydroxyl groups excluding tert-OH is 1. The van der Waals surface area contributed by atoms with Gasteiger partial charge in [0.25, 0.3) is 0 Å². The number of Topliss-reactive ketones (excluding diaryl/α,β-unsaturated/α-hetero) is 1. The van der Waals surface area contributed by atoms with E-state index in [-0.39, 0.29) is 52.0 Å². The van der Waals surface area contributed by atoms with Gasteiger partial charge in [-0.2, -0.15) is 0 Å². The molecule has 0 amide bonds. The maximum Gasteiger partial charge on any atom is 0.202 e. The smallest absolute Gasteiger partial charge is 0.202 e. The van der Waals surface area contributed by atoms with Crippen LogP contribution < -0.4 is 4.74 Å². The van der Waals surface area contributed by atoms with Gasteiger partial charge in [-0.05, 0) is 18.4 Å². The molecule has 7 heteroatoms. The zero-order valence-electron chi connectivity index (χ0n) is 17.0. The van der Waals surface area contributed by atoms with E-state index in [0.29, 0.717) is 0 Å². The van der Waals surface area contributed by atoms with Crippen LogP contribution in [0.4, 0.5) is 0 Å². The Morgan fingerprint density at radius 1 is 1.19 bits per heavy atom. The summed E-state index contributed by atoms with van der Waals surface area (Å²) >= 11 is 0. The summed E-state index contributed by atoms with van der Waals surface area (Å²) in [6.45, 7) is 0.929. The molecule has 0 unspecified atom stereocenters. The molecule has 2 aromatic carbocycles. The lowest BCUT2D eigenvalue weighted by atomic mass is 9.64. The van der Waals surface area contributed by atoms with Crippen molar-refractivity contribution in [3.63, 3.8) is 0 Å². The number of carbonyl (C=O) groups excluding carboxylic acids is 3. The summed E-state index contributed by atoms with van der Waals surface area (Å²) in [7, 11) is 1.37. The molecule has 2 atom stereocenters. The summed E-state index contributed by atoms with van der Waals surface area (Å²) in [5.74, 6) is -0.635. The molecule has 158 valence electrons. The number of rotatable bonds is 3. The first-order valence-corrected chi connectivity index (χ1v) is 9.71. The Hall–Kier alpha value is -3.63. The number of ketones is 3. The van der Waals surface area contributed by atoms with Gasteiger partial charge >= 0.3 is 0 Å². The summed E-state index contributed by atoms with van der Waals surface area (Å²) in [5, 5.41) is 31.6. The number of terminal acetylenes is 1. The molecule has 31 heavy (non-hydrogen) atoms. The zero-order chi connectivity index (χ0) is 22.7. The highest BCUT2D eigenvalue weighted by atomic mass is 16.5. The molecule has 3 N–H and O–H groups in total. The number of phenolic OH excluding ortho intramolecular Hbond substituents is 2. The number of benzene rings is 2. The molecule has 0 spiro atoms. The lowest BCUT2D eigenvalue weighted by molar-refractivity contribution is -0.129. The van der Waals surface area contributed by atoms with Gasteiger partial charge in [0.1, 0.15) is 23.9 Å². The number of fused-ring (bicyclic) bond motifs is 3. The third kappa shape index (κ3) is 2.62. The minimum Gasteiger partial charge on any atom is -0.507 e. The van der Waals surface area contributed by atoms with Gasteiger partial charge in [0.05, 0.1) is 29.2 Å². The van der Waals surface area contributed by atoms with Crippen molar-refractivity contribution in [2.24, 2.45) is 5.41 Å². The van der Waals surface area contributed by atoms with Gasteiger partial charge in [-0.3, -0.25) is 14.4 Å². The first-order chi connectivity index (χ1) is 14.7. The summed E-state index contributed by atoms with van der Waals surface area (Å²) in [6.07, 6.45) is 5.59. The van der Waals surface area contributed by atoms with E-state index in [9.17, 15) is 29.7 Å². The number of phenols is 2. The fourth-order valence-corrected chi connectivity index (χ4v) is 4.88. The van der Waals surface area contributed by atoms with Crippen molar-refractivity contribution in [1.29, 1.82) is 0 Å². The van der Waals surface area contributed by atoms with Gasteiger partial charge in [0.2, 0.25) is 5.78 Å². The van der Waals surface area contributed by atoms with Crippen LogP contribution in [-0.2, 0) is 11.2 Å². The molecule has 0 saturated carbocycles. The van der Waals surface area contributed by atoms with Crippen LogP contribution in [0, 0.1) is 17.8 Å². The molecule has 2 aromatic rings. The van der Waals surface area contributed by atoms with E-state index < -0.39 is 46.8 Å². The van der Waals surface area contributed by atoms with E-state index in [1.54, 1.807) is 13.0 Å². The Kier molecular flexibility index (Phi) is 4.64. The molecular formula is C24H20O7. The maximum absolute atomic E-state index is 13.3. The second-order valence-electron chi connectivity index (χ2n) is 7.97. The number of ether oxygens (including phenoxy) is 1. The van der Waals surface area contributed by atoms with Crippen LogP contribution in [0.3, 0.4) is 0 Å². The molecule has 2 aliphatic rings. The van der Waals surface area contributed by atoms with E-state index in [1.807, 2.05) is 0 Å². The number of carbonyl (C=O) groups is 3. The Morgan fingerprint density at radius 2 is 1.87 bits per heavy atom. The topological polar surface area (TPSA) is 121 Å². The van der Waals surface area contributed by atoms with Crippen LogP contribution >= 0.6 is 0 Å². The highest BCUT2D eigenvalue weighted by molar-refractivity contribution is 6.31. The molecule has 0 aromatic heterocycles. The van der Waals surface area contributed by atoms with Crippen molar-refractivity contribution >= 4 is 17.3 Å². The molecule has 0 saturated heterocycles. The number of aliphatic hydroxyl groups is 1. The van der Waals surface area contributed by atoms with E-state index in [0.717, 1.165) is 0 Å². The van der Waals surface area contributed by atoms with Gasteiger partial charge in [0, 0.05) is 23.1 Å². The second kappa shape index (κ2) is 6.96. The predicted octanol–water partition coefficient (Wildman–Crippen LogP) is 2.11. The third-order valence-electron chi connectivity index (χ3n) is 6.34. The predicted molar refractivity (Wildman–Crippen MR) is 110 cm³/mol. The first kappa shape index (κ1) is 20.6. The Balaban J connectivity index is 2.02. The quantitative estimate of drug-likeness (QED) is 0.438. The molecular weight excluding hydrogens is 400 g/mol. The minimum absolute atomic E-state index is 0.0223. The Labute approximate surface area is 178 Å². The van der Waals surface area contributed by atoms with Crippen LogP contribution in [0.5, 0.6) is 17.2 Å². The van der Waals surface area contributed by atoms with E-state index in [1.165, 1.54) is 19.2 Å². The molecule has 0 fully saturated rings.